The van der Waals surface area contributed by atoms with Crippen LogP contribution in [0.1, 0.15) is 19.8 Å². The lowest BCUT2D eigenvalue weighted by atomic mass is 10.3. The molecule has 0 radical (unpaired) electrons. The molecule has 2 N–H and O–H groups in total. The van der Waals surface area contributed by atoms with Crippen LogP contribution in [0.3, 0.4) is 0 Å². The van der Waals surface area contributed by atoms with Crippen molar-refractivity contribution < 1.29 is 14.3 Å². The average molecular weight is 255 g/mol. The molecule has 0 spiro atoms. The van der Waals surface area contributed by atoms with E-state index in [1.165, 1.54) is 13.4 Å². The fourth-order valence-corrected chi connectivity index (χ4v) is 1.38. The van der Waals surface area contributed by atoms with Gasteiger partial charge in [0.1, 0.15) is 0 Å². The number of esters is 1. The van der Waals surface area contributed by atoms with Gasteiger partial charge in [-0.2, -0.15) is 0 Å². The Hall–Kier alpha value is -2.05. The molecule has 0 aliphatic rings. The SMILES string of the molecule is CCOC(=O)CCCNc1nc[nH]c(=O)c1OC. The summed E-state index contributed by atoms with van der Waals surface area (Å²) in [5.41, 5.74) is -0.347. The predicted molar refractivity (Wildman–Crippen MR) is 65.8 cm³/mol. The highest BCUT2D eigenvalue weighted by Gasteiger charge is 2.08. The van der Waals surface area contributed by atoms with Crippen molar-refractivity contribution in [3.63, 3.8) is 0 Å². The largest absolute Gasteiger partial charge is 0.489 e. The summed E-state index contributed by atoms with van der Waals surface area (Å²) >= 11 is 0. The second-order valence-electron chi connectivity index (χ2n) is 3.45. The Morgan fingerprint density at radius 1 is 1.56 bits per heavy atom. The monoisotopic (exact) mass is 255 g/mol. The van der Waals surface area contributed by atoms with Crippen LogP contribution in [0.2, 0.25) is 0 Å². The van der Waals surface area contributed by atoms with E-state index >= 15 is 0 Å². The van der Waals surface area contributed by atoms with Gasteiger partial charge in [-0.25, -0.2) is 4.98 Å². The number of nitrogens with zero attached hydrogens (tertiary/aromatic N) is 1. The van der Waals surface area contributed by atoms with Crippen LogP contribution >= 0.6 is 0 Å². The van der Waals surface area contributed by atoms with Gasteiger partial charge in [0, 0.05) is 13.0 Å². The van der Waals surface area contributed by atoms with Crippen molar-refractivity contribution in [2.75, 3.05) is 25.6 Å². The Balaban J connectivity index is 2.42. The van der Waals surface area contributed by atoms with Gasteiger partial charge in [0.15, 0.2) is 5.82 Å². The van der Waals surface area contributed by atoms with E-state index in [-0.39, 0.29) is 17.3 Å². The predicted octanol–water partition coefficient (Wildman–Crippen LogP) is 0.534. The Morgan fingerprint density at radius 2 is 2.33 bits per heavy atom. The highest BCUT2D eigenvalue weighted by Crippen LogP contribution is 2.13. The molecule has 1 aromatic heterocycles. The van der Waals surface area contributed by atoms with Crippen molar-refractivity contribution in [1.29, 1.82) is 0 Å². The molecule has 1 aromatic rings. The molecule has 100 valence electrons. The molecule has 0 aliphatic carbocycles. The Morgan fingerprint density at radius 3 is 3.00 bits per heavy atom. The van der Waals surface area contributed by atoms with Gasteiger partial charge < -0.3 is 19.8 Å². The van der Waals surface area contributed by atoms with E-state index in [1.807, 2.05) is 0 Å². The number of methoxy groups -OCH3 is 1. The van der Waals surface area contributed by atoms with E-state index < -0.39 is 0 Å². The van der Waals surface area contributed by atoms with Crippen molar-refractivity contribution in [2.45, 2.75) is 19.8 Å². The summed E-state index contributed by atoms with van der Waals surface area (Å²) in [4.78, 5) is 28.8. The minimum absolute atomic E-state index is 0.133. The lowest BCUT2D eigenvalue weighted by Gasteiger charge is -2.08. The number of aromatic nitrogens is 2. The van der Waals surface area contributed by atoms with Crippen LogP contribution in [0.25, 0.3) is 0 Å². The highest BCUT2D eigenvalue weighted by molar-refractivity contribution is 5.69. The van der Waals surface area contributed by atoms with Crippen molar-refractivity contribution in [1.82, 2.24) is 9.97 Å². The topological polar surface area (TPSA) is 93.3 Å². The summed E-state index contributed by atoms with van der Waals surface area (Å²) in [6, 6.07) is 0. The maximum atomic E-state index is 11.4. The molecule has 7 heteroatoms. The molecule has 7 nitrogen and oxygen atoms in total. The van der Waals surface area contributed by atoms with Gasteiger partial charge in [0.2, 0.25) is 5.75 Å². The third kappa shape index (κ3) is 4.08. The van der Waals surface area contributed by atoms with Gasteiger partial charge in [0.25, 0.3) is 5.56 Å². The second kappa shape index (κ2) is 7.31. The number of hydrogen-bond donors (Lipinski definition) is 2. The lowest BCUT2D eigenvalue weighted by Crippen LogP contribution is -2.15. The van der Waals surface area contributed by atoms with Crippen LogP contribution in [-0.4, -0.2) is 36.2 Å². The maximum absolute atomic E-state index is 11.4. The zero-order valence-corrected chi connectivity index (χ0v) is 10.5. The number of H-pyrrole nitrogens is 1. The number of nitrogens with one attached hydrogen (secondary N) is 2. The van der Waals surface area contributed by atoms with Crippen LogP contribution in [0, 0.1) is 0 Å². The molecule has 0 atom stereocenters. The standard InChI is InChI=1S/C11H17N3O4/c1-3-18-8(15)5-4-6-12-10-9(17-2)11(16)14-7-13-10/h7H,3-6H2,1-2H3,(H2,12,13,14,16). The number of ether oxygens (including phenoxy) is 2. The van der Waals surface area contributed by atoms with Gasteiger partial charge in [-0.05, 0) is 13.3 Å². The minimum atomic E-state index is -0.347. The molecule has 18 heavy (non-hydrogen) atoms. The van der Waals surface area contributed by atoms with Crippen molar-refractivity contribution in [3.05, 3.63) is 16.7 Å². The maximum Gasteiger partial charge on any atom is 0.305 e. The summed E-state index contributed by atoms with van der Waals surface area (Å²) in [5.74, 6) is 0.267. The number of carbonyl (C=O) groups excluding carboxylic acids is 1. The second-order valence-corrected chi connectivity index (χ2v) is 3.45. The Bertz CT molecular complexity index is 444. The van der Waals surface area contributed by atoms with E-state index in [2.05, 4.69) is 15.3 Å². The third-order valence-electron chi connectivity index (χ3n) is 2.17. The van der Waals surface area contributed by atoms with Crippen LogP contribution in [0.5, 0.6) is 5.75 Å². The zero-order chi connectivity index (χ0) is 13.4. The van der Waals surface area contributed by atoms with Gasteiger partial charge >= 0.3 is 5.97 Å². The van der Waals surface area contributed by atoms with E-state index in [0.29, 0.717) is 31.8 Å². The first kappa shape index (κ1) is 14.0. The molecule has 0 aromatic carbocycles. The summed E-state index contributed by atoms with van der Waals surface area (Å²) in [5, 5.41) is 2.94. The molecular formula is C11H17N3O4. The zero-order valence-electron chi connectivity index (χ0n) is 10.5. The molecule has 0 amide bonds. The van der Waals surface area contributed by atoms with Crippen LogP contribution in [-0.2, 0) is 9.53 Å². The molecule has 0 fully saturated rings. The average Bonchev–Trinajstić information content (AvgIpc) is 2.35. The van der Waals surface area contributed by atoms with Crippen molar-refractivity contribution in [2.24, 2.45) is 0 Å². The van der Waals surface area contributed by atoms with E-state index in [4.69, 9.17) is 9.47 Å². The summed E-state index contributed by atoms with van der Waals surface area (Å²) in [6.07, 6.45) is 2.21. The number of hydrogen-bond acceptors (Lipinski definition) is 6. The first-order valence-electron chi connectivity index (χ1n) is 5.70. The molecule has 1 heterocycles. The van der Waals surface area contributed by atoms with E-state index in [0.717, 1.165) is 0 Å². The van der Waals surface area contributed by atoms with Gasteiger partial charge in [-0.3, -0.25) is 9.59 Å². The van der Waals surface area contributed by atoms with Crippen molar-refractivity contribution in [3.8, 4) is 5.75 Å². The fraction of sp³-hybridized carbons (Fsp3) is 0.545. The Labute approximate surface area is 105 Å². The van der Waals surface area contributed by atoms with Gasteiger partial charge in [-0.15, -0.1) is 0 Å². The normalized spacial score (nSPS) is 9.89. The molecule has 0 aliphatic heterocycles. The first-order valence-corrected chi connectivity index (χ1v) is 5.70. The smallest absolute Gasteiger partial charge is 0.305 e. The Kier molecular flexibility index (Phi) is 5.69. The molecule has 1 rings (SSSR count). The summed E-state index contributed by atoms with van der Waals surface area (Å²) in [6.45, 7) is 2.66. The molecule has 0 saturated heterocycles. The van der Waals surface area contributed by atoms with Crippen LogP contribution < -0.4 is 15.6 Å². The quantitative estimate of drug-likeness (QED) is 0.545. The minimum Gasteiger partial charge on any atom is -0.489 e. The van der Waals surface area contributed by atoms with Crippen molar-refractivity contribution >= 4 is 11.8 Å². The summed E-state index contributed by atoms with van der Waals surface area (Å²) in [7, 11) is 1.40. The number of aromatic amines is 1. The number of rotatable bonds is 7. The molecular weight excluding hydrogens is 238 g/mol. The van der Waals surface area contributed by atoms with Crippen LogP contribution in [0.15, 0.2) is 11.1 Å². The van der Waals surface area contributed by atoms with E-state index in [1.54, 1.807) is 6.92 Å². The highest BCUT2D eigenvalue weighted by atomic mass is 16.5. The van der Waals surface area contributed by atoms with E-state index in [9.17, 15) is 9.59 Å². The van der Waals surface area contributed by atoms with Gasteiger partial charge in [0.05, 0.1) is 20.0 Å². The number of anilines is 1. The van der Waals surface area contributed by atoms with Gasteiger partial charge in [-0.1, -0.05) is 0 Å². The lowest BCUT2D eigenvalue weighted by molar-refractivity contribution is -0.143. The molecule has 0 saturated carbocycles. The van der Waals surface area contributed by atoms with Crippen LogP contribution in [0.4, 0.5) is 5.82 Å². The fourth-order valence-electron chi connectivity index (χ4n) is 1.38. The number of carbonyl (C=O) groups is 1. The molecule has 0 bridgehead atoms. The third-order valence-corrected chi connectivity index (χ3v) is 2.17. The molecule has 0 unspecified atom stereocenters. The first-order chi connectivity index (χ1) is 8.69. The summed E-state index contributed by atoms with van der Waals surface area (Å²) < 4.78 is 9.73.